The number of aliphatic hydroxyl groups is 1. The summed E-state index contributed by atoms with van der Waals surface area (Å²) in [5, 5.41) is 20.4. The summed E-state index contributed by atoms with van der Waals surface area (Å²) in [6.07, 6.45) is 0.158. The number of hydrogen-bond acceptors (Lipinski definition) is 4. The minimum Gasteiger partial charge on any atom is -0.479 e. The Bertz CT molecular complexity index is 304. The maximum Gasteiger partial charge on any atom is 0.334 e. The van der Waals surface area contributed by atoms with Gasteiger partial charge >= 0.3 is 12.0 Å². The largest absolute Gasteiger partial charge is 0.479 e. The Kier molecular flexibility index (Phi) is 5.36. The fourth-order valence-corrected chi connectivity index (χ4v) is 1.91. The third-order valence-electron chi connectivity index (χ3n) is 3.09. The molecule has 104 valence electrons. The molecule has 7 nitrogen and oxygen atoms in total. The molecule has 7 heteroatoms. The Hall–Kier alpha value is -1.34. The summed E-state index contributed by atoms with van der Waals surface area (Å²) < 4.78 is 4.70. The lowest BCUT2D eigenvalue weighted by molar-refractivity contribution is -0.148. The van der Waals surface area contributed by atoms with Crippen LogP contribution in [0.25, 0.3) is 0 Å². The molecule has 0 aromatic heterocycles. The van der Waals surface area contributed by atoms with E-state index < -0.39 is 12.1 Å². The number of carboxylic acids is 1. The fraction of sp³-hybridized carbons (Fsp3) is 0.818. The fourth-order valence-electron chi connectivity index (χ4n) is 1.91. The molecular weight excluding hydrogens is 240 g/mol. The zero-order valence-corrected chi connectivity index (χ0v) is 10.6. The van der Waals surface area contributed by atoms with Gasteiger partial charge in [0.25, 0.3) is 0 Å². The van der Waals surface area contributed by atoms with E-state index in [-0.39, 0.29) is 18.7 Å². The van der Waals surface area contributed by atoms with E-state index in [1.54, 1.807) is 7.05 Å². The molecule has 0 saturated heterocycles. The predicted octanol–water partition coefficient (Wildman–Crippen LogP) is -0.502. The highest BCUT2D eigenvalue weighted by molar-refractivity contribution is 5.76. The van der Waals surface area contributed by atoms with Gasteiger partial charge in [0.2, 0.25) is 0 Å². The van der Waals surface area contributed by atoms with Crippen molar-refractivity contribution in [3.05, 3.63) is 0 Å². The maximum atomic E-state index is 11.6. The van der Waals surface area contributed by atoms with Crippen LogP contribution >= 0.6 is 0 Å². The third-order valence-corrected chi connectivity index (χ3v) is 3.09. The van der Waals surface area contributed by atoms with Crippen molar-refractivity contribution >= 4 is 12.0 Å². The van der Waals surface area contributed by atoms with Crippen LogP contribution in [0.4, 0.5) is 4.79 Å². The smallest absolute Gasteiger partial charge is 0.334 e. The molecule has 0 bridgehead atoms. The van der Waals surface area contributed by atoms with Crippen molar-refractivity contribution in [2.45, 2.75) is 25.0 Å². The molecule has 0 radical (unpaired) electrons. The van der Waals surface area contributed by atoms with Gasteiger partial charge in [0.1, 0.15) is 0 Å². The Morgan fingerprint density at radius 1 is 1.50 bits per heavy atom. The Morgan fingerprint density at radius 2 is 2.11 bits per heavy atom. The topological polar surface area (TPSA) is 99.1 Å². The number of nitrogens with one attached hydrogen (secondary N) is 1. The van der Waals surface area contributed by atoms with E-state index in [0.29, 0.717) is 25.3 Å². The number of ether oxygens (including phenoxy) is 1. The molecule has 0 aromatic rings. The zero-order valence-electron chi connectivity index (χ0n) is 10.6. The second kappa shape index (κ2) is 6.55. The average molecular weight is 260 g/mol. The van der Waals surface area contributed by atoms with Crippen molar-refractivity contribution < 1.29 is 24.5 Å². The molecule has 1 aliphatic rings. The molecule has 0 aliphatic heterocycles. The van der Waals surface area contributed by atoms with E-state index in [1.165, 1.54) is 12.0 Å². The van der Waals surface area contributed by atoms with Gasteiger partial charge in [0.05, 0.1) is 12.6 Å². The van der Waals surface area contributed by atoms with Crippen molar-refractivity contribution in [1.29, 1.82) is 0 Å². The number of amides is 2. The van der Waals surface area contributed by atoms with Gasteiger partial charge in [-0.25, -0.2) is 9.59 Å². The van der Waals surface area contributed by atoms with Gasteiger partial charge in [-0.2, -0.15) is 0 Å². The highest BCUT2D eigenvalue weighted by Crippen LogP contribution is 2.27. The number of carboxylic acid groups (broad SMARTS) is 1. The standard InChI is InChI=1S/C11H20N2O5/c1-13(6-7-3-8(14)4-7)11(17)12-5-9(18-2)10(15)16/h7-9,14H,3-6H2,1-2H3,(H,12,17)(H,15,16). The van der Waals surface area contributed by atoms with Crippen LogP contribution in [0.3, 0.4) is 0 Å². The van der Waals surface area contributed by atoms with Crippen molar-refractivity contribution in [3.63, 3.8) is 0 Å². The quantitative estimate of drug-likeness (QED) is 0.598. The van der Waals surface area contributed by atoms with Gasteiger partial charge < -0.3 is 25.2 Å². The van der Waals surface area contributed by atoms with Crippen LogP contribution in [0.1, 0.15) is 12.8 Å². The summed E-state index contributed by atoms with van der Waals surface area (Å²) in [7, 11) is 2.92. The number of carbonyl (C=O) groups excluding carboxylic acids is 1. The van der Waals surface area contributed by atoms with E-state index >= 15 is 0 Å². The number of nitrogens with zero attached hydrogens (tertiary/aromatic N) is 1. The van der Waals surface area contributed by atoms with Crippen molar-refractivity contribution in [3.8, 4) is 0 Å². The number of aliphatic carboxylic acids is 1. The van der Waals surface area contributed by atoms with E-state index in [9.17, 15) is 9.59 Å². The second-order valence-corrected chi connectivity index (χ2v) is 4.62. The summed E-state index contributed by atoms with van der Waals surface area (Å²) in [6, 6.07) is -0.334. The first-order chi connectivity index (χ1) is 8.43. The molecule has 1 fully saturated rings. The molecule has 2 amide bonds. The van der Waals surface area contributed by atoms with Crippen LogP contribution in [0.2, 0.25) is 0 Å². The summed E-state index contributed by atoms with van der Waals surface area (Å²) in [4.78, 5) is 23.8. The molecule has 1 unspecified atom stereocenters. The lowest BCUT2D eigenvalue weighted by atomic mass is 9.82. The predicted molar refractivity (Wildman–Crippen MR) is 63.2 cm³/mol. The number of rotatable bonds is 6. The highest BCUT2D eigenvalue weighted by atomic mass is 16.5. The first-order valence-electron chi connectivity index (χ1n) is 5.86. The van der Waals surface area contributed by atoms with Gasteiger partial charge in [-0.3, -0.25) is 0 Å². The van der Waals surface area contributed by atoms with E-state index in [1.807, 2.05) is 0 Å². The van der Waals surface area contributed by atoms with Crippen LogP contribution in [0.5, 0.6) is 0 Å². The molecular formula is C11H20N2O5. The maximum absolute atomic E-state index is 11.6. The summed E-state index contributed by atoms with van der Waals surface area (Å²) in [5.41, 5.74) is 0. The molecule has 18 heavy (non-hydrogen) atoms. The van der Waals surface area contributed by atoms with Gasteiger partial charge in [-0.1, -0.05) is 0 Å². The van der Waals surface area contributed by atoms with Gasteiger partial charge in [-0.15, -0.1) is 0 Å². The number of aliphatic hydroxyl groups excluding tert-OH is 1. The van der Waals surface area contributed by atoms with E-state index in [4.69, 9.17) is 14.9 Å². The molecule has 1 atom stereocenters. The SMILES string of the molecule is COC(CNC(=O)N(C)CC1CC(O)C1)C(=O)O. The summed E-state index contributed by atoms with van der Waals surface area (Å²) in [5.74, 6) is -0.781. The van der Waals surface area contributed by atoms with Crippen molar-refractivity contribution in [1.82, 2.24) is 10.2 Å². The van der Waals surface area contributed by atoms with Gasteiger partial charge in [0, 0.05) is 20.7 Å². The normalized spacial score (nSPS) is 23.9. The van der Waals surface area contributed by atoms with Crippen LogP contribution in [-0.4, -0.2) is 66.6 Å². The average Bonchev–Trinajstić information content (AvgIpc) is 2.26. The van der Waals surface area contributed by atoms with Crippen LogP contribution in [0.15, 0.2) is 0 Å². The van der Waals surface area contributed by atoms with Crippen LogP contribution in [0, 0.1) is 5.92 Å². The monoisotopic (exact) mass is 260 g/mol. The summed E-state index contributed by atoms with van der Waals surface area (Å²) in [6.45, 7) is 0.496. The Labute approximate surface area is 106 Å². The lowest BCUT2D eigenvalue weighted by Gasteiger charge is -2.34. The minimum absolute atomic E-state index is 0.0672. The molecule has 1 rings (SSSR count). The first-order valence-corrected chi connectivity index (χ1v) is 5.86. The molecule has 3 N–H and O–H groups in total. The number of hydrogen-bond donors (Lipinski definition) is 3. The molecule has 0 spiro atoms. The number of methoxy groups -OCH3 is 1. The van der Waals surface area contributed by atoms with E-state index in [0.717, 1.165) is 0 Å². The summed E-state index contributed by atoms with van der Waals surface area (Å²) >= 11 is 0. The van der Waals surface area contributed by atoms with Crippen LogP contribution < -0.4 is 5.32 Å². The molecule has 0 aromatic carbocycles. The van der Waals surface area contributed by atoms with Crippen molar-refractivity contribution in [2.75, 3.05) is 27.2 Å². The van der Waals surface area contributed by atoms with Crippen LogP contribution in [-0.2, 0) is 9.53 Å². The Morgan fingerprint density at radius 3 is 2.56 bits per heavy atom. The number of urea groups is 1. The second-order valence-electron chi connectivity index (χ2n) is 4.62. The lowest BCUT2D eigenvalue weighted by Crippen LogP contribution is -2.46. The van der Waals surface area contributed by atoms with E-state index in [2.05, 4.69) is 5.32 Å². The Balaban J connectivity index is 2.24. The molecule has 0 heterocycles. The minimum atomic E-state index is -1.11. The third kappa shape index (κ3) is 4.15. The molecule has 1 aliphatic carbocycles. The van der Waals surface area contributed by atoms with Crippen molar-refractivity contribution in [2.24, 2.45) is 5.92 Å². The molecule has 1 saturated carbocycles. The number of carbonyl (C=O) groups is 2. The van der Waals surface area contributed by atoms with Gasteiger partial charge in [-0.05, 0) is 18.8 Å². The van der Waals surface area contributed by atoms with Gasteiger partial charge in [0.15, 0.2) is 6.10 Å². The first kappa shape index (κ1) is 14.7. The zero-order chi connectivity index (χ0) is 13.7. The highest BCUT2D eigenvalue weighted by Gasteiger charge is 2.29.